The first-order chi connectivity index (χ1) is 15.1. The van der Waals surface area contributed by atoms with Crippen molar-refractivity contribution in [2.45, 2.75) is 19.1 Å². The van der Waals surface area contributed by atoms with Gasteiger partial charge in [0, 0.05) is 5.56 Å². The summed E-state index contributed by atoms with van der Waals surface area (Å²) in [5.41, 5.74) is 5.02. The number of nitrogens with one attached hydrogen (secondary N) is 1. The molecule has 156 valence electrons. The van der Waals surface area contributed by atoms with Crippen molar-refractivity contribution in [2.24, 2.45) is 0 Å². The molecule has 9 heteroatoms. The molecule has 0 aliphatic carbocycles. The second-order valence-corrected chi connectivity index (χ2v) is 9.68. The van der Waals surface area contributed by atoms with E-state index < -0.39 is 0 Å². The van der Waals surface area contributed by atoms with Gasteiger partial charge in [-0.05, 0) is 49.2 Å². The van der Waals surface area contributed by atoms with Crippen LogP contribution in [0.25, 0.3) is 15.3 Å². The van der Waals surface area contributed by atoms with Crippen molar-refractivity contribution in [3.05, 3.63) is 58.8 Å². The quantitative estimate of drug-likeness (QED) is 0.481. The van der Waals surface area contributed by atoms with Crippen LogP contribution >= 0.6 is 23.1 Å². The van der Waals surface area contributed by atoms with Gasteiger partial charge in [0.2, 0.25) is 17.8 Å². The molecule has 0 saturated heterocycles. The molecule has 31 heavy (non-hydrogen) atoms. The number of aromatic nitrogens is 3. The molecular weight excluding hydrogens is 432 g/mol. The highest BCUT2D eigenvalue weighted by atomic mass is 32.2. The Morgan fingerprint density at radius 3 is 2.90 bits per heavy atom. The maximum Gasteiger partial charge on any atom is 0.235 e. The molecule has 2 aromatic heterocycles. The minimum Gasteiger partial charge on any atom is -0.454 e. The van der Waals surface area contributed by atoms with E-state index in [9.17, 15) is 4.79 Å². The molecular formula is C22H18N4O3S2. The fourth-order valence-corrected chi connectivity index (χ4v) is 6.17. The van der Waals surface area contributed by atoms with Gasteiger partial charge in [-0.3, -0.25) is 4.79 Å². The molecule has 7 nitrogen and oxygen atoms in total. The highest BCUT2D eigenvalue weighted by Crippen LogP contribution is 2.46. The van der Waals surface area contributed by atoms with Crippen LogP contribution in [0.3, 0.4) is 0 Å². The van der Waals surface area contributed by atoms with E-state index in [0.717, 1.165) is 43.7 Å². The van der Waals surface area contributed by atoms with E-state index in [4.69, 9.17) is 19.6 Å². The number of thioether (sulfide) groups is 1. The first-order valence-electron chi connectivity index (χ1n) is 9.85. The van der Waals surface area contributed by atoms with Crippen molar-refractivity contribution < 1.29 is 14.3 Å². The third kappa shape index (κ3) is 3.07. The van der Waals surface area contributed by atoms with E-state index in [1.165, 1.54) is 5.56 Å². The molecule has 6 rings (SSSR count). The van der Waals surface area contributed by atoms with Crippen molar-refractivity contribution in [3.63, 3.8) is 0 Å². The van der Waals surface area contributed by atoms with Gasteiger partial charge in [-0.2, -0.15) is 9.78 Å². The number of amides is 1. The molecule has 0 bridgehead atoms. The summed E-state index contributed by atoms with van der Waals surface area (Å²) in [6.07, 6.45) is 0. The van der Waals surface area contributed by atoms with Crippen LogP contribution in [0.1, 0.15) is 27.6 Å². The van der Waals surface area contributed by atoms with Gasteiger partial charge in [0.05, 0.1) is 26.9 Å². The largest absolute Gasteiger partial charge is 0.454 e. The number of hydrogen-bond acceptors (Lipinski definition) is 7. The number of ether oxygens (including phenoxy) is 2. The molecule has 0 saturated carbocycles. The smallest absolute Gasteiger partial charge is 0.235 e. The van der Waals surface area contributed by atoms with E-state index in [2.05, 4.69) is 24.4 Å². The normalized spacial score (nSPS) is 17.5. The number of hydrogen-bond donors (Lipinski definition) is 1. The summed E-state index contributed by atoms with van der Waals surface area (Å²) in [6, 6.07) is 12.1. The Morgan fingerprint density at radius 1 is 1.13 bits per heavy atom. The second kappa shape index (κ2) is 7.00. The van der Waals surface area contributed by atoms with Crippen LogP contribution in [-0.4, -0.2) is 33.2 Å². The SMILES string of the molecule is Cc1ccc2nc(-n3nc(C)c4c3NC(=O)CS[C@H]4c3ccc4c(c3)OCO4)sc2c1. The molecule has 2 aliphatic rings. The average Bonchev–Trinajstić information content (AvgIpc) is 3.43. The van der Waals surface area contributed by atoms with Gasteiger partial charge in [-0.1, -0.05) is 23.5 Å². The Bertz CT molecular complexity index is 1360. The number of thiazole rings is 1. The maximum atomic E-state index is 12.6. The van der Waals surface area contributed by atoms with Crippen molar-refractivity contribution in [2.75, 3.05) is 17.9 Å². The lowest BCUT2D eigenvalue weighted by atomic mass is 10.0. The fraction of sp³-hybridized carbons (Fsp3) is 0.227. The molecule has 2 aromatic carbocycles. The Hall–Kier alpha value is -3.04. The van der Waals surface area contributed by atoms with Crippen LogP contribution in [0.2, 0.25) is 0 Å². The lowest BCUT2D eigenvalue weighted by Crippen LogP contribution is -2.15. The molecule has 4 aromatic rings. The minimum atomic E-state index is -0.0613. The van der Waals surface area contributed by atoms with E-state index in [0.29, 0.717) is 11.6 Å². The van der Waals surface area contributed by atoms with Crippen LogP contribution in [-0.2, 0) is 4.79 Å². The Kier molecular flexibility index (Phi) is 4.22. The highest BCUT2D eigenvalue weighted by molar-refractivity contribution is 8.00. The molecule has 0 unspecified atom stereocenters. The predicted molar refractivity (Wildman–Crippen MR) is 122 cm³/mol. The van der Waals surface area contributed by atoms with Gasteiger partial charge in [0.15, 0.2) is 11.5 Å². The summed E-state index contributed by atoms with van der Waals surface area (Å²) in [5.74, 6) is 2.47. The molecule has 0 fully saturated rings. The Morgan fingerprint density at radius 2 is 2.00 bits per heavy atom. The summed E-state index contributed by atoms with van der Waals surface area (Å²) >= 11 is 3.15. The number of nitrogens with zero attached hydrogens (tertiary/aromatic N) is 3. The molecule has 4 heterocycles. The topological polar surface area (TPSA) is 78.3 Å². The number of carbonyl (C=O) groups excluding carboxylic acids is 1. The number of aryl methyl sites for hydroxylation is 2. The summed E-state index contributed by atoms with van der Waals surface area (Å²) in [4.78, 5) is 17.4. The predicted octanol–water partition coefficient (Wildman–Crippen LogP) is 4.60. The monoisotopic (exact) mass is 450 g/mol. The van der Waals surface area contributed by atoms with Crippen LogP contribution < -0.4 is 14.8 Å². The van der Waals surface area contributed by atoms with Crippen molar-refractivity contribution >= 4 is 45.0 Å². The lowest BCUT2D eigenvalue weighted by Gasteiger charge is -2.15. The van der Waals surface area contributed by atoms with Gasteiger partial charge >= 0.3 is 0 Å². The number of rotatable bonds is 2. The molecule has 0 spiro atoms. The van der Waals surface area contributed by atoms with Crippen molar-refractivity contribution in [3.8, 4) is 16.6 Å². The van der Waals surface area contributed by atoms with Crippen LogP contribution in [0, 0.1) is 13.8 Å². The molecule has 2 aliphatic heterocycles. The highest BCUT2D eigenvalue weighted by Gasteiger charge is 2.32. The van der Waals surface area contributed by atoms with Crippen molar-refractivity contribution in [1.29, 1.82) is 0 Å². The van der Waals surface area contributed by atoms with Gasteiger partial charge in [-0.15, -0.1) is 11.8 Å². The van der Waals surface area contributed by atoms with E-state index in [-0.39, 0.29) is 18.0 Å². The first-order valence-corrected chi connectivity index (χ1v) is 11.7. The zero-order valence-electron chi connectivity index (χ0n) is 16.8. The third-order valence-electron chi connectivity index (χ3n) is 5.42. The van der Waals surface area contributed by atoms with E-state index in [1.807, 2.05) is 31.2 Å². The second-order valence-electron chi connectivity index (χ2n) is 7.58. The van der Waals surface area contributed by atoms with Crippen molar-refractivity contribution in [1.82, 2.24) is 14.8 Å². The Labute approximate surface area is 186 Å². The first kappa shape index (κ1) is 18.7. The molecule has 1 atom stereocenters. The maximum absolute atomic E-state index is 12.6. The van der Waals surface area contributed by atoms with Gasteiger partial charge < -0.3 is 14.8 Å². The lowest BCUT2D eigenvalue weighted by molar-refractivity contribution is -0.113. The molecule has 1 amide bonds. The third-order valence-corrected chi connectivity index (χ3v) is 7.68. The number of carbonyl (C=O) groups is 1. The van der Waals surface area contributed by atoms with Crippen LogP contribution in [0.15, 0.2) is 36.4 Å². The van der Waals surface area contributed by atoms with Crippen LogP contribution in [0.4, 0.5) is 5.82 Å². The summed E-state index contributed by atoms with van der Waals surface area (Å²) < 4.78 is 13.9. The summed E-state index contributed by atoms with van der Waals surface area (Å²) in [6.45, 7) is 4.27. The summed E-state index contributed by atoms with van der Waals surface area (Å²) in [7, 11) is 0. The number of fused-ring (bicyclic) bond motifs is 3. The van der Waals surface area contributed by atoms with E-state index >= 15 is 0 Å². The van der Waals surface area contributed by atoms with E-state index in [1.54, 1.807) is 27.8 Å². The van der Waals surface area contributed by atoms with Crippen LogP contribution in [0.5, 0.6) is 11.5 Å². The van der Waals surface area contributed by atoms with Gasteiger partial charge in [0.25, 0.3) is 0 Å². The zero-order valence-corrected chi connectivity index (χ0v) is 18.5. The summed E-state index contributed by atoms with van der Waals surface area (Å²) in [5, 5.41) is 8.53. The average molecular weight is 451 g/mol. The van der Waals surface area contributed by atoms with Gasteiger partial charge in [-0.25, -0.2) is 4.98 Å². The standard InChI is InChI=1S/C22H18N4O3S2/c1-11-3-5-14-17(7-11)31-22(23-14)26-21-19(12(2)25-26)20(30-9-18(27)24-21)13-4-6-15-16(8-13)29-10-28-15/h3-8,20H,9-10H2,1-2H3,(H,24,27)/t20-/m0/s1. The minimum absolute atomic E-state index is 0.0485. The molecule has 0 radical (unpaired) electrons. The number of benzene rings is 2. The number of anilines is 1. The fourth-order valence-electron chi connectivity index (χ4n) is 3.97. The Balaban J connectivity index is 1.50. The zero-order chi connectivity index (χ0) is 21.1. The van der Waals surface area contributed by atoms with Gasteiger partial charge in [0.1, 0.15) is 5.82 Å². The molecule has 1 N–H and O–H groups in total.